The molecule has 0 bridgehead atoms. The molecule has 1 rings (SSSR count). The second-order valence-corrected chi connectivity index (χ2v) is 5.62. The molecule has 0 aliphatic carbocycles. The molecule has 1 aromatic rings. The molecule has 2 atom stereocenters. The average Bonchev–Trinajstić information content (AvgIpc) is 2.86. The Hall–Kier alpha value is -0.830. The van der Waals surface area contributed by atoms with E-state index in [1.54, 1.807) is 0 Å². The summed E-state index contributed by atoms with van der Waals surface area (Å²) < 4.78 is 2.15. The van der Waals surface area contributed by atoms with Crippen molar-refractivity contribution in [3.8, 4) is 0 Å². The first-order valence-corrected chi connectivity index (χ1v) is 7.87. The Morgan fingerprint density at radius 2 is 1.95 bits per heavy atom. The zero-order valence-corrected chi connectivity index (χ0v) is 13.3. The lowest BCUT2D eigenvalue weighted by atomic mass is 9.93. The van der Waals surface area contributed by atoms with Gasteiger partial charge in [0, 0.05) is 18.7 Å². The van der Waals surface area contributed by atoms with Crippen molar-refractivity contribution < 1.29 is 0 Å². The van der Waals surface area contributed by atoms with Crippen LogP contribution in [0.15, 0.2) is 12.3 Å². The molecular formula is C16H31N3. The second-order valence-electron chi connectivity index (χ2n) is 5.62. The second kappa shape index (κ2) is 8.36. The van der Waals surface area contributed by atoms with Crippen LogP contribution in [0.1, 0.15) is 65.1 Å². The minimum absolute atomic E-state index is 0.532. The molecule has 3 heteroatoms. The van der Waals surface area contributed by atoms with Gasteiger partial charge in [0.1, 0.15) is 0 Å². The third kappa shape index (κ3) is 4.64. The lowest BCUT2D eigenvalue weighted by Gasteiger charge is -2.22. The van der Waals surface area contributed by atoms with Gasteiger partial charge >= 0.3 is 0 Å². The Morgan fingerprint density at radius 3 is 2.47 bits per heavy atom. The summed E-state index contributed by atoms with van der Waals surface area (Å²) in [4.78, 5) is 0. The van der Waals surface area contributed by atoms with Crippen LogP contribution < -0.4 is 5.32 Å². The standard InChI is InChI=1S/C16H31N3/c1-6-9-13(4)16(17-5)12-14-10-11-19(18-14)15(7-2)8-3/h10-11,13,15-17H,6-9,12H2,1-5H3. The maximum atomic E-state index is 4.76. The lowest BCUT2D eigenvalue weighted by molar-refractivity contribution is 0.365. The van der Waals surface area contributed by atoms with Crippen LogP contribution in [0, 0.1) is 5.92 Å². The van der Waals surface area contributed by atoms with Gasteiger partial charge in [0.05, 0.1) is 11.7 Å². The maximum absolute atomic E-state index is 4.76. The van der Waals surface area contributed by atoms with Gasteiger partial charge in [-0.05, 0) is 38.3 Å². The number of hydrogen-bond donors (Lipinski definition) is 1. The van der Waals surface area contributed by atoms with Crippen LogP contribution in [0.4, 0.5) is 0 Å². The fourth-order valence-corrected chi connectivity index (χ4v) is 2.82. The van der Waals surface area contributed by atoms with E-state index in [9.17, 15) is 0 Å². The molecular weight excluding hydrogens is 234 g/mol. The van der Waals surface area contributed by atoms with Crippen LogP contribution in [0.2, 0.25) is 0 Å². The van der Waals surface area contributed by atoms with E-state index < -0.39 is 0 Å². The highest BCUT2D eigenvalue weighted by Gasteiger charge is 2.17. The third-order valence-corrected chi connectivity index (χ3v) is 4.21. The Kier molecular flexibility index (Phi) is 7.14. The van der Waals surface area contributed by atoms with Gasteiger partial charge < -0.3 is 5.32 Å². The van der Waals surface area contributed by atoms with Gasteiger partial charge in [-0.25, -0.2) is 0 Å². The van der Waals surface area contributed by atoms with Crippen LogP contribution >= 0.6 is 0 Å². The van der Waals surface area contributed by atoms with Crippen molar-refractivity contribution in [2.24, 2.45) is 5.92 Å². The largest absolute Gasteiger partial charge is 0.316 e. The molecule has 0 saturated heterocycles. The van der Waals surface area contributed by atoms with E-state index in [4.69, 9.17) is 5.10 Å². The predicted octanol–water partition coefficient (Wildman–Crippen LogP) is 3.81. The number of nitrogens with zero attached hydrogens (tertiary/aromatic N) is 2. The molecule has 0 aliphatic rings. The number of aromatic nitrogens is 2. The van der Waals surface area contributed by atoms with Crippen LogP contribution in [-0.4, -0.2) is 22.9 Å². The molecule has 110 valence electrons. The maximum Gasteiger partial charge on any atom is 0.0640 e. The summed E-state index contributed by atoms with van der Waals surface area (Å²) in [7, 11) is 2.06. The molecule has 19 heavy (non-hydrogen) atoms. The summed E-state index contributed by atoms with van der Waals surface area (Å²) in [6.07, 6.45) is 8.01. The summed E-state index contributed by atoms with van der Waals surface area (Å²) in [6, 6.07) is 3.27. The van der Waals surface area contributed by atoms with E-state index in [1.165, 1.54) is 18.5 Å². The van der Waals surface area contributed by atoms with Gasteiger partial charge in [0.15, 0.2) is 0 Å². The van der Waals surface area contributed by atoms with E-state index in [2.05, 4.69) is 57.0 Å². The molecule has 1 heterocycles. The molecule has 2 unspecified atom stereocenters. The van der Waals surface area contributed by atoms with Crippen LogP contribution in [-0.2, 0) is 6.42 Å². The molecule has 3 nitrogen and oxygen atoms in total. The average molecular weight is 265 g/mol. The van der Waals surface area contributed by atoms with E-state index in [0.717, 1.165) is 19.3 Å². The van der Waals surface area contributed by atoms with Crippen molar-refractivity contribution in [3.63, 3.8) is 0 Å². The number of hydrogen-bond acceptors (Lipinski definition) is 2. The lowest BCUT2D eigenvalue weighted by Crippen LogP contribution is -2.34. The third-order valence-electron chi connectivity index (χ3n) is 4.21. The highest BCUT2D eigenvalue weighted by atomic mass is 15.3. The van der Waals surface area contributed by atoms with Crippen molar-refractivity contribution >= 4 is 0 Å². The fourth-order valence-electron chi connectivity index (χ4n) is 2.82. The van der Waals surface area contributed by atoms with E-state index in [-0.39, 0.29) is 0 Å². The number of nitrogens with one attached hydrogen (secondary N) is 1. The summed E-state index contributed by atoms with van der Waals surface area (Å²) in [5, 5.41) is 8.21. The van der Waals surface area contributed by atoms with E-state index in [0.29, 0.717) is 18.0 Å². The van der Waals surface area contributed by atoms with Crippen molar-refractivity contribution in [1.29, 1.82) is 0 Å². The Bertz CT molecular complexity index is 342. The SMILES string of the molecule is CCCC(C)C(Cc1ccn(C(CC)CC)n1)NC. The van der Waals surface area contributed by atoms with Gasteiger partial charge in [-0.1, -0.05) is 34.1 Å². The highest BCUT2D eigenvalue weighted by molar-refractivity contribution is 5.03. The number of likely N-dealkylation sites (N-methyl/N-ethyl adjacent to an activating group) is 1. The smallest absolute Gasteiger partial charge is 0.0640 e. The fraction of sp³-hybridized carbons (Fsp3) is 0.812. The monoisotopic (exact) mass is 265 g/mol. The van der Waals surface area contributed by atoms with Crippen molar-refractivity contribution in [2.45, 2.75) is 71.9 Å². The first-order chi connectivity index (χ1) is 9.15. The molecule has 0 amide bonds. The quantitative estimate of drug-likeness (QED) is 0.736. The van der Waals surface area contributed by atoms with Crippen molar-refractivity contribution in [1.82, 2.24) is 15.1 Å². The summed E-state index contributed by atoms with van der Waals surface area (Å²) in [6.45, 7) is 9.05. The zero-order valence-electron chi connectivity index (χ0n) is 13.3. The van der Waals surface area contributed by atoms with Crippen LogP contribution in [0.25, 0.3) is 0 Å². The number of rotatable bonds is 9. The molecule has 0 spiro atoms. The van der Waals surface area contributed by atoms with E-state index in [1.807, 2.05) is 0 Å². The summed E-state index contributed by atoms with van der Waals surface area (Å²) >= 11 is 0. The van der Waals surface area contributed by atoms with Gasteiger partial charge in [-0.2, -0.15) is 5.10 Å². The predicted molar refractivity (Wildman–Crippen MR) is 82.5 cm³/mol. The molecule has 0 aliphatic heterocycles. The van der Waals surface area contributed by atoms with Crippen molar-refractivity contribution in [3.05, 3.63) is 18.0 Å². The molecule has 0 aromatic carbocycles. The Labute approximate surface area is 118 Å². The first kappa shape index (κ1) is 16.2. The minimum atomic E-state index is 0.532. The van der Waals surface area contributed by atoms with Gasteiger partial charge in [0.25, 0.3) is 0 Å². The minimum Gasteiger partial charge on any atom is -0.316 e. The Balaban J connectivity index is 2.65. The Morgan fingerprint density at radius 1 is 1.26 bits per heavy atom. The topological polar surface area (TPSA) is 29.9 Å². The van der Waals surface area contributed by atoms with Gasteiger partial charge in [-0.15, -0.1) is 0 Å². The van der Waals surface area contributed by atoms with E-state index >= 15 is 0 Å². The van der Waals surface area contributed by atoms with Crippen LogP contribution in [0.5, 0.6) is 0 Å². The first-order valence-electron chi connectivity index (χ1n) is 7.87. The summed E-state index contributed by atoms with van der Waals surface area (Å²) in [5.41, 5.74) is 1.22. The molecule has 1 aromatic heterocycles. The highest BCUT2D eigenvalue weighted by Crippen LogP contribution is 2.17. The molecule has 0 radical (unpaired) electrons. The molecule has 0 saturated carbocycles. The molecule has 0 fully saturated rings. The molecule has 1 N–H and O–H groups in total. The summed E-state index contributed by atoms with van der Waals surface area (Å²) in [5.74, 6) is 0.702. The van der Waals surface area contributed by atoms with Gasteiger partial charge in [0.2, 0.25) is 0 Å². The van der Waals surface area contributed by atoms with Crippen LogP contribution in [0.3, 0.4) is 0 Å². The van der Waals surface area contributed by atoms with Gasteiger partial charge in [-0.3, -0.25) is 4.68 Å². The van der Waals surface area contributed by atoms with Crippen molar-refractivity contribution in [2.75, 3.05) is 7.05 Å². The zero-order chi connectivity index (χ0) is 14.3. The normalized spacial score (nSPS) is 14.8.